The van der Waals surface area contributed by atoms with E-state index in [1.54, 1.807) is 12.1 Å². The quantitative estimate of drug-likeness (QED) is 0.854. The third kappa shape index (κ3) is 3.90. The van der Waals surface area contributed by atoms with Crippen LogP contribution in [0.15, 0.2) is 28.7 Å². The van der Waals surface area contributed by atoms with Gasteiger partial charge in [0.2, 0.25) is 0 Å². The van der Waals surface area contributed by atoms with Crippen molar-refractivity contribution in [2.24, 2.45) is 5.73 Å². The van der Waals surface area contributed by atoms with Gasteiger partial charge in [-0.2, -0.15) is 8.78 Å². The van der Waals surface area contributed by atoms with Gasteiger partial charge in [-0.3, -0.25) is 0 Å². The van der Waals surface area contributed by atoms with Crippen LogP contribution >= 0.6 is 28.3 Å². The van der Waals surface area contributed by atoms with E-state index in [1.165, 1.54) is 19.1 Å². The van der Waals surface area contributed by atoms with Crippen LogP contribution in [0.1, 0.15) is 18.5 Å². The van der Waals surface area contributed by atoms with E-state index in [1.807, 2.05) is 0 Å². The topological polar surface area (TPSA) is 52.3 Å². The van der Waals surface area contributed by atoms with Crippen molar-refractivity contribution < 1.29 is 18.3 Å². The van der Waals surface area contributed by atoms with Crippen molar-refractivity contribution in [2.45, 2.75) is 18.9 Å². The Labute approximate surface area is 118 Å². The van der Waals surface area contributed by atoms with Crippen LogP contribution < -0.4 is 5.73 Å². The zero-order valence-electron chi connectivity index (χ0n) is 9.53. The van der Waals surface area contributed by atoms with E-state index in [0.717, 1.165) is 4.47 Å². The van der Waals surface area contributed by atoms with Crippen molar-refractivity contribution in [1.82, 2.24) is 0 Å². The molecule has 0 heterocycles. The summed E-state index contributed by atoms with van der Waals surface area (Å²) in [6, 6.07) is 4.31. The van der Waals surface area contributed by atoms with Crippen LogP contribution in [0.3, 0.4) is 0 Å². The highest BCUT2D eigenvalue weighted by Gasteiger charge is 2.47. The Bertz CT molecular complexity index is 401. The minimum absolute atomic E-state index is 0. The SMILES string of the molecule is CCOC(=O)C(F)(F)[C@H](N)c1ccc(Br)cc1.Cl. The van der Waals surface area contributed by atoms with Crippen molar-refractivity contribution in [3.8, 4) is 0 Å². The smallest absolute Gasteiger partial charge is 0.379 e. The van der Waals surface area contributed by atoms with Crippen molar-refractivity contribution in [1.29, 1.82) is 0 Å². The molecule has 0 radical (unpaired) electrons. The number of ether oxygens (including phenoxy) is 1. The second kappa shape index (κ2) is 7.01. The van der Waals surface area contributed by atoms with Crippen molar-refractivity contribution in [3.63, 3.8) is 0 Å². The number of benzene rings is 1. The summed E-state index contributed by atoms with van der Waals surface area (Å²) in [6.45, 7) is 1.35. The summed E-state index contributed by atoms with van der Waals surface area (Å²) in [7, 11) is 0. The molecule has 1 rings (SSSR count). The molecule has 0 aliphatic rings. The van der Waals surface area contributed by atoms with Gasteiger partial charge in [-0.05, 0) is 24.6 Å². The first-order valence-electron chi connectivity index (χ1n) is 4.95. The highest BCUT2D eigenvalue weighted by atomic mass is 79.9. The first-order valence-corrected chi connectivity index (χ1v) is 5.75. The van der Waals surface area contributed by atoms with Gasteiger partial charge in [-0.25, -0.2) is 4.79 Å². The van der Waals surface area contributed by atoms with Gasteiger partial charge in [-0.15, -0.1) is 12.4 Å². The number of hydrogen-bond acceptors (Lipinski definition) is 3. The summed E-state index contributed by atoms with van der Waals surface area (Å²) in [5.41, 5.74) is 5.56. The third-order valence-electron chi connectivity index (χ3n) is 2.17. The first kappa shape index (κ1) is 17.3. The van der Waals surface area contributed by atoms with Crippen LogP contribution in [0.25, 0.3) is 0 Å². The molecule has 0 spiro atoms. The lowest BCUT2D eigenvalue weighted by Crippen LogP contribution is -2.41. The molecule has 1 aromatic carbocycles. The molecule has 0 amide bonds. The average Bonchev–Trinajstić information content (AvgIpc) is 2.29. The van der Waals surface area contributed by atoms with Crippen LogP contribution in [0.4, 0.5) is 8.78 Å². The van der Waals surface area contributed by atoms with Gasteiger partial charge >= 0.3 is 11.9 Å². The van der Waals surface area contributed by atoms with Crippen LogP contribution in [0.5, 0.6) is 0 Å². The minimum atomic E-state index is -3.73. The number of hydrogen-bond donors (Lipinski definition) is 1. The largest absolute Gasteiger partial charge is 0.462 e. The highest BCUT2D eigenvalue weighted by molar-refractivity contribution is 9.10. The zero-order valence-corrected chi connectivity index (χ0v) is 11.9. The van der Waals surface area contributed by atoms with Gasteiger partial charge in [0.1, 0.15) is 6.04 Å². The van der Waals surface area contributed by atoms with E-state index in [4.69, 9.17) is 5.73 Å². The standard InChI is InChI=1S/C11H12BrF2NO2.ClH/c1-2-17-10(16)11(13,14)9(15)7-3-5-8(12)6-4-7;/h3-6,9H,2,15H2,1H3;1H/t9-;/m1./s1. The van der Waals surface area contributed by atoms with E-state index in [-0.39, 0.29) is 24.6 Å². The van der Waals surface area contributed by atoms with Crippen LogP contribution in [0, 0.1) is 0 Å². The van der Waals surface area contributed by atoms with E-state index in [9.17, 15) is 13.6 Å². The predicted molar refractivity (Wildman–Crippen MR) is 69.9 cm³/mol. The monoisotopic (exact) mass is 343 g/mol. The van der Waals surface area contributed by atoms with Gasteiger partial charge in [0, 0.05) is 4.47 Å². The Hall–Kier alpha value is -0.720. The minimum Gasteiger partial charge on any atom is -0.462 e. The van der Waals surface area contributed by atoms with Crippen molar-refractivity contribution >= 4 is 34.3 Å². The lowest BCUT2D eigenvalue weighted by atomic mass is 10.0. The Balaban J connectivity index is 0.00000289. The normalized spacial score (nSPS) is 12.5. The molecule has 2 N–H and O–H groups in total. The fourth-order valence-corrected chi connectivity index (χ4v) is 1.50. The van der Waals surface area contributed by atoms with Gasteiger partial charge in [0.25, 0.3) is 0 Å². The lowest BCUT2D eigenvalue weighted by molar-refractivity contribution is -0.174. The summed E-state index contributed by atoms with van der Waals surface area (Å²) < 4.78 is 32.2. The molecule has 102 valence electrons. The summed E-state index contributed by atoms with van der Waals surface area (Å²) in [4.78, 5) is 11.1. The predicted octanol–water partition coefficient (Wildman–Crippen LogP) is 3.07. The molecule has 0 aliphatic heterocycles. The molecule has 0 bridgehead atoms. The van der Waals surface area contributed by atoms with E-state index in [2.05, 4.69) is 20.7 Å². The van der Waals surface area contributed by atoms with Crippen molar-refractivity contribution in [2.75, 3.05) is 6.61 Å². The number of nitrogens with two attached hydrogens (primary N) is 1. The molecule has 3 nitrogen and oxygen atoms in total. The van der Waals surface area contributed by atoms with Gasteiger partial charge in [0.15, 0.2) is 0 Å². The number of alkyl halides is 2. The van der Waals surface area contributed by atoms with E-state index < -0.39 is 17.9 Å². The number of esters is 1. The maximum absolute atomic E-state index is 13.6. The van der Waals surface area contributed by atoms with Gasteiger partial charge < -0.3 is 10.5 Å². The first-order chi connectivity index (χ1) is 7.89. The van der Waals surface area contributed by atoms with Crippen LogP contribution in [-0.2, 0) is 9.53 Å². The van der Waals surface area contributed by atoms with Gasteiger partial charge in [-0.1, -0.05) is 28.1 Å². The molecule has 1 atom stereocenters. The molecular formula is C11H13BrClF2NO2. The zero-order chi connectivity index (χ0) is 13.1. The van der Waals surface area contributed by atoms with Crippen LogP contribution in [0.2, 0.25) is 0 Å². The van der Waals surface area contributed by atoms with Crippen LogP contribution in [-0.4, -0.2) is 18.5 Å². The molecule has 1 aromatic rings. The molecular weight excluding hydrogens is 331 g/mol. The molecule has 0 aromatic heterocycles. The Kier molecular flexibility index (Phi) is 6.73. The lowest BCUT2D eigenvalue weighted by Gasteiger charge is -2.21. The molecule has 0 fully saturated rings. The molecule has 0 saturated carbocycles. The number of rotatable bonds is 4. The second-order valence-electron chi connectivity index (χ2n) is 3.37. The third-order valence-corrected chi connectivity index (χ3v) is 2.70. The summed E-state index contributed by atoms with van der Waals surface area (Å²) in [6.07, 6.45) is 0. The number of carbonyl (C=O) groups excluding carboxylic acids is 1. The Morgan fingerprint density at radius 3 is 2.39 bits per heavy atom. The van der Waals surface area contributed by atoms with Gasteiger partial charge in [0.05, 0.1) is 6.61 Å². The fraction of sp³-hybridized carbons (Fsp3) is 0.364. The van der Waals surface area contributed by atoms with E-state index in [0.29, 0.717) is 0 Å². The fourth-order valence-electron chi connectivity index (χ4n) is 1.23. The summed E-state index contributed by atoms with van der Waals surface area (Å²) >= 11 is 3.18. The molecule has 0 unspecified atom stereocenters. The maximum Gasteiger partial charge on any atom is 0.379 e. The molecule has 18 heavy (non-hydrogen) atoms. The molecule has 0 aliphatic carbocycles. The maximum atomic E-state index is 13.6. The molecule has 7 heteroatoms. The Morgan fingerprint density at radius 2 is 1.94 bits per heavy atom. The Morgan fingerprint density at radius 1 is 1.44 bits per heavy atom. The molecule has 0 saturated heterocycles. The second-order valence-corrected chi connectivity index (χ2v) is 4.29. The highest BCUT2D eigenvalue weighted by Crippen LogP contribution is 2.31. The summed E-state index contributed by atoms with van der Waals surface area (Å²) in [5, 5.41) is 0. The summed E-state index contributed by atoms with van der Waals surface area (Å²) in [5.74, 6) is -5.33. The average molecular weight is 345 g/mol. The number of carbonyl (C=O) groups is 1. The van der Waals surface area contributed by atoms with Crippen molar-refractivity contribution in [3.05, 3.63) is 34.3 Å². The number of halogens is 4. The van der Waals surface area contributed by atoms with E-state index >= 15 is 0 Å².